The molecule has 0 unspecified atom stereocenters. The number of benzene rings is 2. The topological polar surface area (TPSA) is 72.1 Å². The Balaban J connectivity index is 1.78. The molecule has 0 bridgehead atoms. The lowest BCUT2D eigenvalue weighted by Crippen LogP contribution is -2.36. The largest absolute Gasteiger partial charge is 0.507 e. The van der Waals surface area contributed by atoms with E-state index in [1.165, 1.54) is 6.42 Å². The molecule has 0 radical (unpaired) electrons. The fourth-order valence-electron chi connectivity index (χ4n) is 4.19. The highest BCUT2D eigenvalue weighted by Gasteiger charge is 2.22. The minimum Gasteiger partial charge on any atom is -0.507 e. The molecule has 1 fully saturated rings. The van der Waals surface area contributed by atoms with Crippen LogP contribution in [0.2, 0.25) is 0 Å². The van der Waals surface area contributed by atoms with Crippen molar-refractivity contribution in [2.75, 3.05) is 20.8 Å². The Kier molecular flexibility index (Phi) is 5.68. The molecule has 1 atom stereocenters. The molecular weight excluding hydrogens is 382 g/mol. The molecule has 1 aromatic heterocycles. The lowest BCUT2D eigenvalue weighted by molar-refractivity contribution is 0.151. The van der Waals surface area contributed by atoms with Crippen molar-refractivity contribution in [2.45, 2.75) is 38.8 Å². The Labute approximate surface area is 175 Å². The highest BCUT2D eigenvalue weighted by molar-refractivity contribution is 5.86. The molecule has 3 aromatic rings. The molecule has 0 spiro atoms. The third-order valence-corrected chi connectivity index (χ3v) is 5.98. The summed E-state index contributed by atoms with van der Waals surface area (Å²) in [5.74, 6) is 1.29. The number of methoxy groups -OCH3 is 2. The van der Waals surface area contributed by atoms with Crippen LogP contribution in [0.15, 0.2) is 45.6 Å². The van der Waals surface area contributed by atoms with E-state index in [9.17, 15) is 9.90 Å². The van der Waals surface area contributed by atoms with Crippen molar-refractivity contribution in [3.05, 3.63) is 52.4 Å². The van der Waals surface area contributed by atoms with Gasteiger partial charge in [0.05, 0.1) is 25.3 Å². The summed E-state index contributed by atoms with van der Waals surface area (Å²) in [4.78, 5) is 15.2. The van der Waals surface area contributed by atoms with E-state index in [0.29, 0.717) is 46.4 Å². The minimum atomic E-state index is -0.451. The Morgan fingerprint density at radius 1 is 1.10 bits per heavy atom. The number of fused-ring (bicyclic) bond motifs is 1. The number of hydrogen-bond donors (Lipinski definition) is 1. The molecular formula is C24H27NO5. The maximum atomic E-state index is 12.9. The number of nitrogens with zero attached hydrogens (tertiary/aromatic N) is 1. The second-order valence-electron chi connectivity index (χ2n) is 7.81. The van der Waals surface area contributed by atoms with E-state index in [-0.39, 0.29) is 5.75 Å². The predicted molar refractivity (Wildman–Crippen MR) is 116 cm³/mol. The van der Waals surface area contributed by atoms with E-state index >= 15 is 0 Å². The molecule has 2 heterocycles. The fraction of sp³-hybridized carbons (Fsp3) is 0.375. The number of likely N-dealkylation sites (tertiary alicyclic amines) is 1. The van der Waals surface area contributed by atoms with Crippen LogP contribution in [-0.2, 0) is 6.54 Å². The fourth-order valence-corrected chi connectivity index (χ4v) is 4.19. The number of ether oxygens (including phenoxy) is 2. The van der Waals surface area contributed by atoms with Crippen LogP contribution in [0.4, 0.5) is 0 Å². The Hall–Kier alpha value is -2.99. The van der Waals surface area contributed by atoms with Gasteiger partial charge in [0, 0.05) is 18.0 Å². The standard InChI is InChI=1S/C24H27NO5/c1-15-6-4-5-11-25(15)14-19-20(26)9-7-17-12-18(24(27)30-23(17)19)16-8-10-21(28-2)22(13-16)29-3/h7-10,12-13,15,26H,4-6,11,14H2,1-3H3/t15-/m0/s1. The molecule has 158 valence electrons. The Morgan fingerprint density at radius 3 is 2.63 bits per heavy atom. The molecule has 1 aliphatic rings. The summed E-state index contributed by atoms with van der Waals surface area (Å²) in [6.07, 6.45) is 3.51. The quantitative estimate of drug-likeness (QED) is 0.623. The van der Waals surface area contributed by atoms with Crippen molar-refractivity contribution < 1.29 is 19.0 Å². The van der Waals surface area contributed by atoms with Crippen molar-refractivity contribution in [3.8, 4) is 28.4 Å². The van der Waals surface area contributed by atoms with Crippen molar-refractivity contribution in [1.29, 1.82) is 0 Å². The number of piperidine rings is 1. The van der Waals surface area contributed by atoms with Crippen molar-refractivity contribution >= 4 is 11.0 Å². The molecule has 0 amide bonds. The van der Waals surface area contributed by atoms with E-state index in [4.69, 9.17) is 13.9 Å². The lowest BCUT2D eigenvalue weighted by atomic mass is 10.0. The summed E-state index contributed by atoms with van der Waals surface area (Å²) in [6.45, 7) is 3.74. The SMILES string of the molecule is COc1ccc(-c2cc3ccc(O)c(CN4CCCC[C@@H]4C)c3oc2=O)cc1OC. The number of aromatic hydroxyl groups is 1. The molecule has 6 heteroatoms. The van der Waals surface area contributed by atoms with Gasteiger partial charge in [-0.05, 0) is 62.2 Å². The van der Waals surface area contributed by atoms with Crippen molar-refractivity contribution in [3.63, 3.8) is 0 Å². The first-order valence-electron chi connectivity index (χ1n) is 10.3. The summed E-state index contributed by atoms with van der Waals surface area (Å²) >= 11 is 0. The Bertz CT molecular complexity index is 1120. The van der Waals surface area contributed by atoms with Crippen LogP contribution < -0.4 is 15.1 Å². The van der Waals surface area contributed by atoms with E-state index in [0.717, 1.165) is 24.8 Å². The number of phenols is 1. The smallest absolute Gasteiger partial charge is 0.344 e. The maximum Gasteiger partial charge on any atom is 0.344 e. The summed E-state index contributed by atoms with van der Waals surface area (Å²) in [5.41, 5.74) is 1.78. The molecule has 0 aliphatic carbocycles. The van der Waals surface area contributed by atoms with Crippen molar-refractivity contribution in [2.24, 2.45) is 0 Å². The summed E-state index contributed by atoms with van der Waals surface area (Å²) in [6, 6.07) is 11.0. The zero-order valence-electron chi connectivity index (χ0n) is 17.6. The number of hydrogen-bond acceptors (Lipinski definition) is 6. The van der Waals surface area contributed by atoms with Crippen LogP contribution in [0.5, 0.6) is 17.2 Å². The van der Waals surface area contributed by atoms with Gasteiger partial charge in [-0.25, -0.2) is 4.79 Å². The van der Waals surface area contributed by atoms with Gasteiger partial charge in [-0.3, -0.25) is 4.90 Å². The van der Waals surface area contributed by atoms with Crippen LogP contribution in [0.25, 0.3) is 22.1 Å². The highest BCUT2D eigenvalue weighted by Crippen LogP contribution is 2.34. The van der Waals surface area contributed by atoms with Gasteiger partial charge < -0.3 is 19.0 Å². The van der Waals surface area contributed by atoms with Gasteiger partial charge in [0.25, 0.3) is 0 Å². The third-order valence-electron chi connectivity index (χ3n) is 5.98. The average Bonchev–Trinajstić information content (AvgIpc) is 2.76. The van der Waals surface area contributed by atoms with Crippen LogP contribution in [-0.4, -0.2) is 36.8 Å². The van der Waals surface area contributed by atoms with Gasteiger partial charge in [0.15, 0.2) is 11.5 Å². The Morgan fingerprint density at radius 2 is 1.90 bits per heavy atom. The predicted octanol–water partition coefficient (Wildman–Crippen LogP) is 4.56. The zero-order chi connectivity index (χ0) is 21.3. The number of rotatable bonds is 5. The summed E-state index contributed by atoms with van der Waals surface area (Å²) < 4.78 is 16.4. The lowest BCUT2D eigenvalue weighted by Gasteiger charge is -2.33. The van der Waals surface area contributed by atoms with Crippen LogP contribution >= 0.6 is 0 Å². The molecule has 1 saturated heterocycles. The number of phenolic OH excluding ortho intramolecular Hbond substituents is 1. The van der Waals surface area contributed by atoms with E-state index < -0.39 is 5.63 Å². The van der Waals surface area contributed by atoms with Gasteiger partial charge >= 0.3 is 5.63 Å². The van der Waals surface area contributed by atoms with Gasteiger partial charge in [-0.2, -0.15) is 0 Å². The van der Waals surface area contributed by atoms with Gasteiger partial charge in [-0.15, -0.1) is 0 Å². The first-order valence-corrected chi connectivity index (χ1v) is 10.3. The van der Waals surface area contributed by atoms with E-state index in [1.54, 1.807) is 44.6 Å². The van der Waals surface area contributed by atoms with Gasteiger partial charge in [0.1, 0.15) is 11.3 Å². The highest BCUT2D eigenvalue weighted by atomic mass is 16.5. The molecule has 1 aliphatic heterocycles. The minimum absolute atomic E-state index is 0.155. The monoisotopic (exact) mass is 409 g/mol. The molecule has 30 heavy (non-hydrogen) atoms. The van der Waals surface area contributed by atoms with Crippen LogP contribution in [0.1, 0.15) is 31.7 Å². The summed E-state index contributed by atoms with van der Waals surface area (Å²) in [7, 11) is 3.13. The molecule has 6 nitrogen and oxygen atoms in total. The van der Waals surface area contributed by atoms with Crippen LogP contribution in [0, 0.1) is 0 Å². The van der Waals surface area contributed by atoms with Crippen molar-refractivity contribution in [1.82, 2.24) is 4.90 Å². The first kappa shape index (κ1) is 20.3. The maximum absolute atomic E-state index is 12.9. The average molecular weight is 409 g/mol. The van der Waals surface area contributed by atoms with E-state index in [1.807, 2.05) is 6.07 Å². The van der Waals surface area contributed by atoms with Gasteiger partial charge in [-0.1, -0.05) is 12.5 Å². The zero-order valence-corrected chi connectivity index (χ0v) is 17.6. The normalized spacial score (nSPS) is 17.2. The van der Waals surface area contributed by atoms with E-state index in [2.05, 4.69) is 11.8 Å². The molecule has 1 N–H and O–H groups in total. The molecule has 0 saturated carbocycles. The third kappa shape index (κ3) is 3.75. The summed E-state index contributed by atoms with van der Waals surface area (Å²) in [5, 5.41) is 11.3. The van der Waals surface area contributed by atoms with Gasteiger partial charge in [0.2, 0.25) is 0 Å². The van der Waals surface area contributed by atoms with Crippen LogP contribution in [0.3, 0.4) is 0 Å². The first-order chi connectivity index (χ1) is 14.5. The molecule has 4 rings (SSSR count). The second-order valence-corrected chi connectivity index (χ2v) is 7.81. The second kappa shape index (κ2) is 8.40. The molecule has 2 aromatic carbocycles.